The van der Waals surface area contributed by atoms with Crippen LogP contribution in [0.1, 0.15) is 111 Å². The molecule has 0 saturated heterocycles. The Bertz CT molecular complexity index is 1810. The Kier molecular flexibility index (Phi) is 10.2. The van der Waals surface area contributed by atoms with Crippen molar-refractivity contribution in [1.82, 2.24) is 0 Å². The monoisotopic (exact) mass is 694 g/mol. The van der Waals surface area contributed by atoms with Crippen LogP contribution in [0.15, 0.2) is 69.4 Å². The summed E-state index contributed by atoms with van der Waals surface area (Å²) in [5.74, 6) is 6.04. The number of aryl methyl sites for hydroxylation is 1. The molecule has 2 aromatic carbocycles. The van der Waals surface area contributed by atoms with Gasteiger partial charge in [-0.1, -0.05) is 83.7 Å². The zero-order valence-corrected chi connectivity index (χ0v) is 31.7. The molecule has 3 saturated carbocycles. The molecule has 274 valence electrons. The first-order chi connectivity index (χ1) is 24.5. The van der Waals surface area contributed by atoms with E-state index in [9.17, 15) is 9.59 Å². The first-order valence-electron chi connectivity index (χ1n) is 19.8. The highest BCUT2D eigenvalue weighted by Gasteiger charge is 2.59. The van der Waals surface area contributed by atoms with Crippen LogP contribution in [0.3, 0.4) is 0 Å². The zero-order chi connectivity index (χ0) is 35.9. The van der Waals surface area contributed by atoms with Crippen molar-refractivity contribution in [2.45, 2.75) is 118 Å². The SMILES string of the molecule is Cc1oc2cc(OCC(=O)OC3CCC4(C)C(=CCC5C4CCC4(C)C(C(C)CCCC(C)C)CCC54)C3)ccc2c(=O)c1Oc1ccccc1. The minimum absolute atomic E-state index is 0.117. The molecule has 0 N–H and O–H groups in total. The van der Waals surface area contributed by atoms with E-state index in [1.807, 2.05) is 18.2 Å². The van der Waals surface area contributed by atoms with Crippen LogP contribution in [0.2, 0.25) is 0 Å². The van der Waals surface area contributed by atoms with Crippen LogP contribution in [-0.2, 0) is 9.53 Å². The first-order valence-corrected chi connectivity index (χ1v) is 19.8. The lowest BCUT2D eigenvalue weighted by molar-refractivity contribution is -0.153. The Morgan fingerprint density at radius 2 is 1.75 bits per heavy atom. The molecule has 6 nitrogen and oxygen atoms in total. The number of carbonyl (C=O) groups is 1. The maximum Gasteiger partial charge on any atom is 0.344 e. The molecule has 7 rings (SSSR count). The second kappa shape index (κ2) is 14.5. The van der Waals surface area contributed by atoms with Crippen molar-refractivity contribution in [2.24, 2.45) is 46.3 Å². The number of hydrogen-bond donors (Lipinski definition) is 0. The number of fused-ring (bicyclic) bond motifs is 6. The minimum atomic E-state index is -0.366. The smallest absolute Gasteiger partial charge is 0.344 e. The third-order valence-corrected chi connectivity index (χ3v) is 13.9. The molecule has 8 atom stereocenters. The molecule has 51 heavy (non-hydrogen) atoms. The first kappa shape index (κ1) is 35.8. The van der Waals surface area contributed by atoms with Gasteiger partial charge < -0.3 is 18.6 Å². The summed E-state index contributed by atoms with van der Waals surface area (Å²) in [6.07, 6.45) is 16.1. The van der Waals surface area contributed by atoms with Crippen LogP contribution < -0.4 is 14.9 Å². The summed E-state index contributed by atoms with van der Waals surface area (Å²) in [5, 5.41) is 0.386. The largest absolute Gasteiger partial charge is 0.482 e. The average molecular weight is 695 g/mol. The van der Waals surface area contributed by atoms with Gasteiger partial charge in [-0.25, -0.2) is 4.79 Å². The van der Waals surface area contributed by atoms with Gasteiger partial charge in [0.1, 0.15) is 28.9 Å². The van der Waals surface area contributed by atoms with Gasteiger partial charge in [0.2, 0.25) is 11.2 Å². The van der Waals surface area contributed by atoms with Crippen molar-refractivity contribution < 1.29 is 23.4 Å². The molecule has 0 spiro atoms. The van der Waals surface area contributed by atoms with E-state index in [0.29, 0.717) is 33.6 Å². The Balaban J connectivity index is 0.945. The van der Waals surface area contributed by atoms with Crippen molar-refractivity contribution in [3.05, 3.63) is 76.2 Å². The number of allylic oxidation sites excluding steroid dienone is 1. The Hall–Kier alpha value is -3.54. The second-order valence-corrected chi connectivity index (χ2v) is 17.3. The van der Waals surface area contributed by atoms with E-state index in [1.165, 1.54) is 56.9 Å². The van der Waals surface area contributed by atoms with E-state index >= 15 is 0 Å². The van der Waals surface area contributed by atoms with Crippen molar-refractivity contribution in [1.29, 1.82) is 0 Å². The fraction of sp³-hybridized carbons (Fsp3) is 0.600. The lowest BCUT2D eigenvalue weighted by Crippen LogP contribution is -2.51. The molecule has 1 heterocycles. The van der Waals surface area contributed by atoms with Gasteiger partial charge in [0.15, 0.2) is 6.61 Å². The molecular formula is C45H58O6. The normalized spacial score (nSPS) is 30.6. The zero-order valence-electron chi connectivity index (χ0n) is 31.7. The van der Waals surface area contributed by atoms with Crippen molar-refractivity contribution in [3.8, 4) is 17.2 Å². The van der Waals surface area contributed by atoms with E-state index in [0.717, 1.165) is 54.8 Å². The van der Waals surface area contributed by atoms with Gasteiger partial charge in [0.05, 0.1) is 5.39 Å². The summed E-state index contributed by atoms with van der Waals surface area (Å²) >= 11 is 0. The van der Waals surface area contributed by atoms with Crippen LogP contribution in [0.5, 0.6) is 17.2 Å². The van der Waals surface area contributed by atoms with Gasteiger partial charge in [-0.15, -0.1) is 0 Å². The van der Waals surface area contributed by atoms with E-state index < -0.39 is 0 Å². The van der Waals surface area contributed by atoms with Crippen LogP contribution in [0, 0.1) is 53.3 Å². The van der Waals surface area contributed by atoms with Gasteiger partial charge in [-0.3, -0.25) is 4.79 Å². The quantitative estimate of drug-likeness (QED) is 0.147. The lowest BCUT2D eigenvalue weighted by Gasteiger charge is -2.58. The molecule has 0 amide bonds. The molecular weight excluding hydrogens is 636 g/mol. The van der Waals surface area contributed by atoms with Crippen molar-refractivity contribution >= 4 is 16.9 Å². The minimum Gasteiger partial charge on any atom is -0.482 e. The fourth-order valence-corrected chi connectivity index (χ4v) is 11.2. The number of hydrogen-bond acceptors (Lipinski definition) is 6. The molecule has 4 aliphatic rings. The predicted molar refractivity (Wildman–Crippen MR) is 202 cm³/mol. The molecule has 8 unspecified atom stereocenters. The highest BCUT2D eigenvalue weighted by atomic mass is 16.6. The number of esters is 1. The molecule has 6 heteroatoms. The molecule has 1 aromatic heterocycles. The second-order valence-electron chi connectivity index (χ2n) is 17.3. The van der Waals surface area contributed by atoms with E-state index in [2.05, 4.69) is 40.7 Å². The number of para-hydroxylation sites is 1. The maximum atomic E-state index is 13.2. The Morgan fingerprint density at radius 1 is 0.941 bits per heavy atom. The number of ether oxygens (including phenoxy) is 3. The van der Waals surface area contributed by atoms with Gasteiger partial charge in [0, 0.05) is 12.5 Å². The number of carbonyl (C=O) groups excluding carboxylic acids is 1. The molecule has 3 aromatic rings. The van der Waals surface area contributed by atoms with Gasteiger partial charge >= 0.3 is 5.97 Å². The summed E-state index contributed by atoms with van der Waals surface area (Å²) in [5.41, 5.74) is 2.34. The fourth-order valence-electron chi connectivity index (χ4n) is 11.2. The number of rotatable bonds is 11. The third kappa shape index (κ3) is 7.01. The van der Waals surface area contributed by atoms with E-state index in [1.54, 1.807) is 37.3 Å². The van der Waals surface area contributed by atoms with Crippen LogP contribution in [0.25, 0.3) is 11.0 Å². The van der Waals surface area contributed by atoms with E-state index in [4.69, 9.17) is 18.6 Å². The molecule has 3 fully saturated rings. The maximum absolute atomic E-state index is 13.2. The standard InChI is InChI=1S/C45H58O6/c1-28(2)11-10-12-29(3)37-19-20-38-35-17-15-31-25-34(21-23-44(31,5)39(35)22-24-45(37,38)6)50-41(46)27-48-33-16-18-36-40(26-33)49-30(4)43(42(36)47)51-32-13-8-7-9-14-32/h7-9,13-16,18,26,28-29,34-35,37-39H,10-12,17,19-25,27H2,1-6H3. The Morgan fingerprint density at radius 3 is 2.53 bits per heavy atom. The topological polar surface area (TPSA) is 75.0 Å². The highest BCUT2D eigenvalue weighted by Crippen LogP contribution is 2.67. The van der Waals surface area contributed by atoms with Gasteiger partial charge in [0.25, 0.3) is 0 Å². The summed E-state index contributed by atoms with van der Waals surface area (Å²) < 4.78 is 23.7. The van der Waals surface area contributed by atoms with E-state index in [-0.39, 0.29) is 35.3 Å². The third-order valence-electron chi connectivity index (χ3n) is 13.9. The number of benzene rings is 2. The lowest BCUT2D eigenvalue weighted by atomic mass is 9.47. The molecule has 0 aliphatic heterocycles. The Labute approximate surface area is 304 Å². The highest BCUT2D eigenvalue weighted by molar-refractivity contribution is 5.80. The summed E-state index contributed by atoms with van der Waals surface area (Å²) in [6, 6.07) is 14.1. The van der Waals surface area contributed by atoms with Crippen molar-refractivity contribution in [2.75, 3.05) is 6.61 Å². The van der Waals surface area contributed by atoms with Crippen LogP contribution in [-0.4, -0.2) is 18.7 Å². The van der Waals surface area contributed by atoms with Gasteiger partial charge in [-0.2, -0.15) is 0 Å². The van der Waals surface area contributed by atoms with Crippen LogP contribution >= 0.6 is 0 Å². The van der Waals surface area contributed by atoms with Crippen LogP contribution in [0.4, 0.5) is 0 Å². The van der Waals surface area contributed by atoms with Gasteiger partial charge in [-0.05, 0) is 122 Å². The molecule has 4 aliphatic carbocycles. The predicted octanol–water partition coefficient (Wildman–Crippen LogP) is 11.2. The summed E-state index contributed by atoms with van der Waals surface area (Å²) in [7, 11) is 0. The van der Waals surface area contributed by atoms with Crippen molar-refractivity contribution in [3.63, 3.8) is 0 Å². The average Bonchev–Trinajstić information content (AvgIpc) is 3.47. The molecule has 0 radical (unpaired) electrons. The summed E-state index contributed by atoms with van der Waals surface area (Å²) in [6.45, 7) is 14.0. The molecule has 0 bridgehead atoms. The summed E-state index contributed by atoms with van der Waals surface area (Å²) in [4.78, 5) is 26.2.